The second-order valence-electron chi connectivity index (χ2n) is 4.72. The van der Waals surface area contributed by atoms with Gasteiger partial charge in [0.05, 0.1) is 10.6 Å². The summed E-state index contributed by atoms with van der Waals surface area (Å²) in [7, 11) is 0. The molecule has 1 saturated heterocycles. The van der Waals surface area contributed by atoms with Crippen molar-refractivity contribution in [3.8, 4) is 10.6 Å². The zero-order valence-electron chi connectivity index (χ0n) is 10.8. The molecule has 0 bridgehead atoms. The number of nitrogens with one attached hydrogen (secondary N) is 1. The first-order valence-electron chi connectivity index (χ1n) is 6.22. The monoisotopic (exact) mass is 291 g/mol. The van der Waals surface area contributed by atoms with E-state index >= 15 is 0 Å². The molecule has 104 valence electrons. The highest BCUT2D eigenvalue weighted by molar-refractivity contribution is 7.15. The maximum atomic E-state index is 12.2. The van der Waals surface area contributed by atoms with Crippen molar-refractivity contribution in [3.05, 3.63) is 28.8 Å². The van der Waals surface area contributed by atoms with E-state index in [0.29, 0.717) is 13.0 Å². The Balaban J connectivity index is 1.80. The van der Waals surface area contributed by atoms with Gasteiger partial charge in [-0.3, -0.25) is 9.89 Å². The smallest absolute Gasteiger partial charge is 0.326 e. The second kappa shape index (κ2) is 4.75. The number of amides is 1. The lowest BCUT2D eigenvalue weighted by Gasteiger charge is -2.37. The first-order chi connectivity index (χ1) is 9.56. The van der Waals surface area contributed by atoms with Crippen molar-refractivity contribution in [3.63, 3.8) is 0 Å². The molecular formula is C13H13N3O3S. The van der Waals surface area contributed by atoms with Crippen LogP contribution < -0.4 is 0 Å². The number of hydrogen-bond donors (Lipinski definition) is 2. The van der Waals surface area contributed by atoms with Gasteiger partial charge < -0.3 is 10.0 Å². The molecule has 0 unspecified atom stereocenters. The number of aromatic amines is 1. The Hall–Kier alpha value is -2.15. The molecule has 1 amide bonds. The largest absolute Gasteiger partial charge is 0.480 e. The molecule has 2 N–H and O–H groups in total. The van der Waals surface area contributed by atoms with E-state index in [2.05, 4.69) is 10.2 Å². The van der Waals surface area contributed by atoms with Gasteiger partial charge in [-0.15, -0.1) is 11.3 Å². The van der Waals surface area contributed by atoms with Crippen molar-refractivity contribution in [2.75, 3.05) is 6.54 Å². The van der Waals surface area contributed by atoms with E-state index in [4.69, 9.17) is 5.11 Å². The van der Waals surface area contributed by atoms with Gasteiger partial charge in [0, 0.05) is 11.4 Å². The standard InChI is InChI=1S/C13H13N3O3S/c1-7-2-3-11(20-7)8-6-9(15-14-8)12(17)16-5-4-10(16)13(18)19/h2-3,6,10H,4-5H2,1H3,(H,14,15)(H,18,19)/t10-/m1/s1. The first-order valence-corrected chi connectivity index (χ1v) is 7.04. The number of aromatic nitrogens is 2. The maximum Gasteiger partial charge on any atom is 0.326 e. The van der Waals surface area contributed by atoms with Crippen molar-refractivity contribution < 1.29 is 14.7 Å². The van der Waals surface area contributed by atoms with Crippen LogP contribution in [0.3, 0.4) is 0 Å². The quantitative estimate of drug-likeness (QED) is 0.902. The number of aliphatic carboxylic acids is 1. The van der Waals surface area contributed by atoms with E-state index in [-0.39, 0.29) is 11.6 Å². The van der Waals surface area contributed by atoms with Gasteiger partial charge in [-0.1, -0.05) is 0 Å². The normalized spacial score (nSPS) is 17.9. The molecule has 3 rings (SSSR count). The number of H-pyrrole nitrogens is 1. The predicted octanol–water partition coefficient (Wildman–Crippen LogP) is 1.75. The highest BCUT2D eigenvalue weighted by Gasteiger charge is 2.38. The van der Waals surface area contributed by atoms with Gasteiger partial charge in [-0.25, -0.2) is 4.79 Å². The summed E-state index contributed by atoms with van der Waals surface area (Å²) in [6, 6.07) is 4.92. The van der Waals surface area contributed by atoms with Crippen LogP contribution in [0.5, 0.6) is 0 Å². The Morgan fingerprint density at radius 1 is 1.50 bits per heavy atom. The van der Waals surface area contributed by atoms with Crippen LogP contribution in [0.15, 0.2) is 18.2 Å². The van der Waals surface area contributed by atoms with Gasteiger partial charge in [0.2, 0.25) is 0 Å². The fourth-order valence-electron chi connectivity index (χ4n) is 2.17. The van der Waals surface area contributed by atoms with Crippen molar-refractivity contribution in [2.24, 2.45) is 0 Å². The van der Waals surface area contributed by atoms with E-state index in [1.165, 1.54) is 9.78 Å². The third kappa shape index (κ3) is 2.09. The molecule has 3 heterocycles. The van der Waals surface area contributed by atoms with Crippen molar-refractivity contribution in [1.29, 1.82) is 0 Å². The number of hydrogen-bond acceptors (Lipinski definition) is 4. The molecule has 1 aliphatic heterocycles. The zero-order chi connectivity index (χ0) is 14.3. The number of likely N-dealkylation sites (tertiary alicyclic amines) is 1. The van der Waals surface area contributed by atoms with Crippen LogP contribution in [0.1, 0.15) is 21.8 Å². The number of carbonyl (C=O) groups is 2. The summed E-state index contributed by atoms with van der Waals surface area (Å²) in [5.74, 6) is -1.30. The second-order valence-corrected chi connectivity index (χ2v) is 6.01. The molecule has 6 nitrogen and oxygen atoms in total. The fraction of sp³-hybridized carbons (Fsp3) is 0.308. The molecule has 2 aromatic heterocycles. The Morgan fingerprint density at radius 2 is 2.30 bits per heavy atom. The third-order valence-corrected chi connectivity index (χ3v) is 4.40. The summed E-state index contributed by atoms with van der Waals surface area (Å²) in [4.78, 5) is 26.6. The van der Waals surface area contributed by atoms with Crippen LogP contribution in [0.4, 0.5) is 0 Å². The Morgan fingerprint density at radius 3 is 2.85 bits per heavy atom. The van der Waals surface area contributed by atoms with Crippen molar-refractivity contribution in [2.45, 2.75) is 19.4 Å². The molecule has 20 heavy (non-hydrogen) atoms. The minimum Gasteiger partial charge on any atom is -0.480 e. The molecule has 1 aliphatic rings. The van der Waals surface area contributed by atoms with Crippen LogP contribution >= 0.6 is 11.3 Å². The Labute approximate surface area is 119 Å². The average Bonchev–Trinajstić information content (AvgIpc) is 2.94. The van der Waals surface area contributed by atoms with E-state index in [1.54, 1.807) is 17.4 Å². The average molecular weight is 291 g/mol. The summed E-state index contributed by atoms with van der Waals surface area (Å²) in [6.07, 6.45) is 0.502. The van der Waals surface area contributed by atoms with Crippen LogP contribution in [-0.4, -0.2) is 44.7 Å². The summed E-state index contributed by atoms with van der Waals surface area (Å²) in [5, 5.41) is 15.8. The van der Waals surface area contributed by atoms with Crippen molar-refractivity contribution in [1.82, 2.24) is 15.1 Å². The number of aryl methyl sites for hydroxylation is 1. The van der Waals surface area contributed by atoms with Crippen LogP contribution in [-0.2, 0) is 4.79 Å². The van der Waals surface area contributed by atoms with Gasteiger partial charge >= 0.3 is 5.97 Å². The summed E-state index contributed by atoms with van der Waals surface area (Å²) < 4.78 is 0. The highest BCUT2D eigenvalue weighted by atomic mass is 32.1. The molecule has 1 fully saturated rings. The SMILES string of the molecule is Cc1ccc(-c2cc(C(=O)N3CC[C@@H]3C(=O)O)n[nH]2)s1. The predicted molar refractivity (Wildman–Crippen MR) is 73.7 cm³/mol. The number of nitrogens with zero attached hydrogens (tertiary/aromatic N) is 2. The van der Waals surface area contributed by atoms with Crippen LogP contribution in [0.25, 0.3) is 10.6 Å². The lowest BCUT2D eigenvalue weighted by Crippen LogP contribution is -2.55. The number of carbonyl (C=O) groups excluding carboxylic acids is 1. The molecule has 0 radical (unpaired) electrons. The number of carboxylic acid groups (broad SMARTS) is 1. The topological polar surface area (TPSA) is 86.3 Å². The van der Waals surface area contributed by atoms with Gasteiger partial charge in [0.1, 0.15) is 6.04 Å². The molecular weight excluding hydrogens is 278 g/mol. The molecule has 0 spiro atoms. The molecule has 7 heteroatoms. The Kier molecular flexibility index (Phi) is 3.06. The van der Waals surface area contributed by atoms with Gasteiger partial charge in [-0.2, -0.15) is 5.10 Å². The van der Waals surface area contributed by atoms with Crippen molar-refractivity contribution >= 4 is 23.2 Å². The third-order valence-electron chi connectivity index (χ3n) is 3.37. The summed E-state index contributed by atoms with van der Waals surface area (Å²) in [6.45, 7) is 2.48. The Bertz CT molecular complexity index is 676. The molecule has 2 aromatic rings. The first kappa shape index (κ1) is 12.9. The lowest BCUT2D eigenvalue weighted by molar-refractivity contribution is -0.146. The summed E-state index contributed by atoms with van der Waals surface area (Å²) >= 11 is 1.61. The minimum absolute atomic E-state index is 0.261. The van der Waals surface area contributed by atoms with Gasteiger partial charge in [0.15, 0.2) is 5.69 Å². The maximum absolute atomic E-state index is 12.2. The lowest BCUT2D eigenvalue weighted by atomic mass is 10.0. The number of rotatable bonds is 3. The fourth-order valence-corrected chi connectivity index (χ4v) is 3.00. The van der Waals surface area contributed by atoms with E-state index in [1.807, 2.05) is 19.1 Å². The van der Waals surface area contributed by atoms with E-state index in [9.17, 15) is 9.59 Å². The zero-order valence-corrected chi connectivity index (χ0v) is 11.6. The highest BCUT2D eigenvalue weighted by Crippen LogP contribution is 2.27. The van der Waals surface area contributed by atoms with Gasteiger partial charge in [-0.05, 0) is 31.5 Å². The minimum atomic E-state index is -0.964. The summed E-state index contributed by atoms with van der Waals surface area (Å²) in [5.41, 5.74) is 1.04. The number of carboxylic acids is 1. The molecule has 1 atom stereocenters. The molecule has 0 saturated carbocycles. The molecule has 0 aromatic carbocycles. The van der Waals surface area contributed by atoms with Crippen LogP contribution in [0.2, 0.25) is 0 Å². The molecule has 0 aliphatic carbocycles. The van der Waals surface area contributed by atoms with Gasteiger partial charge in [0.25, 0.3) is 5.91 Å². The van der Waals surface area contributed by atoms with Crippen LogP contribution in [0, 0.1) is 6.92 Å². The van der Waals surface area contributed by atoms with E-state index in [0.717, 1.165) is 10.6 Å². The number of thiophene rings is 1. The van der Waals surface area contributed by atoms with E-state index < -0.39 is 12.0 Å².